The predicted octanol–water partition coefficient (Wildman–Crippen LogP) is 3.15. The molecule has 1 atom stereocenters. The van der Waals surface area contributed by atoms with Crippen LogP contribution in [-0.2, 0) is 14.3 Å². The number of hydrazone groups is 1. The highest BCUT2D eigenvalue weighted by Gasteiger charge is 2.19. The lowest BCUT2D eigenvalue weighted by atomic mass is 10.2. The Morgan fingerprint density at radius 3 is 2.83 bits per heavy atom. The average Bonchev–Trinajstić information content (AvgIpc) is 3.30. The van der Waals surface area contributed by atoms with E-state index < -0.39 is 11.8 Å². The van der Waals surface area contributed by atoms with Gasteiger partial charge in [-0.25, -0.2) is 5.43 Å². The summed E-state index contributed by atoms with van der Waals surface area (Å²) in [6.07, 6.45) is 3.31. The van der Waals surface area contributed by atoms with Crippen molar-refractivity contribution in [3.8, 4) is 5.69 Å². The quantitative estimate of drug-likeness (QED) is 0.428. The van der Waals surface area contributed by atoms with E-state index in [0.717, 1.165) is 35.5 Å². The molecule has 1 fully saturated rings. The summed E-state index contributed by atoms with van der Waals surface area (Å²) in [5.74, 6) is -1.57. The molecule has 0 spiro atoms. The SMILES string of the molecule is Cc1cc(/C=N\NC(=O)C(=O)NC[C@H]2CCCO2)c(C)n1-c1cccc(Cl)c1Cl. The number of rotatable bonds is 5. The van der Waals surface area contributed by atoms with Gasteiger partial charge in [-0.05, 0) is 44.9 Å². The van der Waals surface area contributed by atoms with Crippen LogP contribution in [0.3, 0.4) is 0 Å². The molecule has 1 saturated heterocycles. The molecule has 0 unspecified atom stereocenters. The maximum Gasteiger partial charge on any atom is 0.329 e. The Bertz CT molecular complexity index is 949. The lowest BCUT2D eigenvalue weighted by molar-refractivity contribution is -0.139. The maximum absolute atomic E-state index is 11.9. The first-order valence-corrected chi connectivity index (χ1v) is 10.00. The Balaban J connectivity index is 1.64. The molecule has 0 aliphatic carbocycles. The van der Waals surface area contributed by atoms with Crippen LogP contribution in [0, 0.1) is 13.8 Å². The summed E-state index contributed by atoms with van der Waals surface area (Å²) < 4.78 is 7.36. The first kappa shape index (κ1) is 21.4. The minimum atomic E-state index is -0.828. The number of carbonyl (C=O) groups is 2. The van der Waals surface area contributed by atoms with Crippen molar-refractivity contribution in [2.45, 2.75) is 32.8 Å². The minimum Gasteiger partial charge on any atom is -0.376 e. The van der Waals surface area contributed by atoms with E-state index in [1.165, 1.54) is 6.21 Å². The summed E-state index contributed by atoms with van der Waals surface area (Å²) in [5.41, 5.74) is 5.57. The smallest absolute Gasteiger partial charge is 0.329 e. The third kappa shape index (κ3) is 4.98. The van der Waals surface area contributed by atoms with E-state index in [0.29, 0.717) is 23.2 Å². The first-order valence-electron chi connectivity index (χ1n) is 9.24. The van der Waals surface area contributed by atoms with Crippen molar-refractivity contribution in [2.75, 3.05) is 13.2 Å². The lowest BCUT2D eigenvalue weighted by Gasteiger charge is -2.12. The highest BCUT2D eigenvalue weighted by atomic mass is 35.5. The summed E-state index contributed by atoms with van der Waals surface area (Å²) in [5, 5.41) is 7.37. The molecule has 2 N–H and O–H groups in total. The van der Waals surface area contributed by atoms with Crippen molar-refractivity contribution in [1.82, 2.24) is 15.3 Å². The Kier molecular flexibility index (Phi) is 6.95. The van der Waals surface area contributed by atoms with Crippen LogP contribution in [0.4, 0.5) is 0 Å². The number of amides is 2. The van der Waals surface area contributed by atoms with Crippen molar-refractivity contribution in [2.24, 2.45) is 5.10 Å². The number of benzene rings is 1. The van der Waals surface area contributed by atoms with Gasteiger partial charge < -0.3 is 14.6 Å². The molecular formula is C20H22Cl2N4O3. The second-order valence-electron chi connectivity index (χ2n) is 6.78. The molecule has 1 aliphatic rings. The van der Waals surface area contributed by atoms with Gasteiger partial charge in [0.2, 0.25) is 0 Å². The number of ether oxygens (including phenoxy) is 1. The van der Waals surface area contributed by atoms with Crippen LogP contribution < -0.4 is 10.7 Å². The number of hydrogen-bond donors (Lipinski definition) is 2. The van der Waals surface area contributed by atoms with Crippen molar-refractivity contribution in [3.05, 3.63) is 51.3 Å². The van der Waals surface area contributed by atoms with Crippen molar-refractivity contribution >= 4 is 41.2 Å². The summed E-state index contributed by atoms with van der Waals surface area (Å²) in [7, 11) is 0. The summed E-state index contributed by atoms with van der Waals surface area (Å²) >= 11 is 12.5. The monoisotopic (exact) mass is 436 g/mol. The van der Waals surface area contributed by atoms with Crippen molar-refractivity contribution in [1.29, 1.82) is 0 Å². The van der Waals surface area contributed by atoms with E-state index in [1.807, 2.05) is 36.6 Å². The van der Waals surface area contributed by atoms with Gasteiger partial charge in [-0.1, -0.05) is 29.3 Å². The molecule has 7 nitrogen and oxygen atoms in total. The third-order valence-electron chi connectivity index (χ3n) is 4.73. The Morgan fingerprint density at radius 2 is 2.10 bits per heavy atom. The van der Waals surface area contributed by atoms with Crippen LogP contribution in [0.15, 0.2) is 29.4 Å². The highest BCUT2D eigenvalue weighted by molar-refractivity contribution is 6.43. The van der Waals surface area contributed by atoms with Gasteiger partial charge in [-0.3, -0.25) is 9.59 Å². The van der Waals surface area contributed by atoms with Crippen molar-refractivity contribution in [3.63, 3.8) is 0 Å². The van der Waals surface area contributed by atoms with E-state index >= 15 is 0 Å². The van der Waals surface area contributed by atoms with Gasteiger partial charge >= 0.3 is 11.8 Å². The fourth-order valence-corrected chi connectivity index (χ4v) is 3.64. The van der Waals surface area contributed by atoms with Crippen LogP contribution >= 0.6 is 23.2 Å². The van der Waals surface area contributed by atoms with Gasteiger partial charge in [-0.2, -0.15) is 5.10 Å². The second kappa shape index (κ2) is 9.43. The van der Waals surface area contributed by atoms with Crippen molar-refractivity contribution < 1.29 is 14.3 Å². The number of halogens is 2. The normalized spacial score (nSPS) is 16.3. The van der Waals surface area contributed by atoms with Crippen LogP contribution in [0.1, 0.15) is 29.8 Å². The summed E-state index contributed by atoms with van der Waals surface area (Å²) in [6.45, 7) is 4.84. The van der Waals surface area contributed by atoms with Crippen LogP contribution in [-0.4, -0.2) is 41.9 Å². The fraction of sp³-hybridized carbons (Fsp3) is 0.350. The molecule has 9 heteroatoms. The van der Waals surface area contributed by atoms with Gasteiger partial charge in [0.25, 0.3) is 0 Å². The standard InChI is InChI=1S/C20H22Cl2N4O3/c1-12-9-14(13(2)26(12)17-7-3-6-16(21)18(17)22)10-24-25-20(28)19(27)23-11-15-5-4-8-29-15/h3,6-7,9-10,15H,4-5,8,11H2,1-2H3,(H,23,27)(H,25,28)/b24-10-/t15-/m1/s1. The molecule has 2 amide bonds. The zero-order chi connectivity index (χ0) is 21.0. The topological polar surface area (TPSA) is 84.7 Å². The average molecular weight is 437 g/mol. The van der Waals surface area contributed by atoms with Gasteiger partial charge in [0.1, 0.15) is 0 Å². The number of aryl methyl sites for hydroxylation is 1. The second-order valence-corrected chi connectivity index (χ2v) is 7.56. The summed E-state index contributed by atoms with van der Waals surface area (Å²) in [4.78, 5) is 23.7. The highest BCUT2D eigenvalue weighted by Crippen LogP contribution is 2.31. The number of nitrogens with zero attached hydrogens (tertiary/aromatic N) is 2. The minimum absolute atomic E-state index is 0.0287. The molecule has 0 bridgehead atoms. The van der Waals surface area contributed by atoms with Gasteiger partial charge in [0.15, 0.2) is 0 Å². The molecule has 1 aliphatic heterocycles. The molecule has 1 aromatic carbocycles. The summed E-state index contributed by atoms with van der Waals surface area (Å²) in [6, 6.07) is 7.32. The van der Waals surface area contributed by atoms with E-state index in [4.69, 9.17) is 27.9 Å². The van der Waals surface area contributed by atoms with Gasteiger partial charge in [0.05, 0.1) is 28.1 Å². The number of hydrogen-bond acceptors (Lipinski definition) is 4. The van der Waals surface area contributed by atoms with Crippen LogP contribution in [0.25, 0.3) is 5.69 Å². The molecular weight excluding hydrogens is 415 g/mol. The van der Waals surface area contributed by atoms with Gasteiger partial charge in [-0.15, -0.1) is 0 Å². The molecule has 2 heterocycles. The zero-order valence-corrected chi connectivity index (χ0v) is 17.7. The van der Waals surface area contributed by atoms with E-state index in [9.17, 15) is 9.59 Å². The largest absolute Gasteiger partial charge is 0.376 e. The molecule has 1 aromatic heterocycles. The molecule has 29 heavy (non-hydrogen) atoms. The predicted molar refractivity (Wildman–Crippen MR) is 113 cm³/mol. The molecule has 3 rings (SSSR count). The number of carbonyl (C=O) groups excluding carboxylic acids is 2. The molecule has 0 radical (unpaired) electrons. The lowest BCUT2D eigenvalue weighted by Crippen LogP contribution is -2.41. The van der Waals surface area contributed by atoms with E-state index in [2.05, 4.69) is 15.8 Å². The zero-order valence-electron chi connectivity index (χ0n) is 16.2. The van der Waals surface area contributed by atoms with Crippen LogP contribution in [0.5, 0.6) is 0 Å². The molecule has 0 saturated carbocycles. The fourth-order valence-electron chi connectivity index (χ4n) is 3.26. The Morgan fingerprint density at radius 1 is 1.31 bits per heavy atom. The maximum atomic E-state index is 11.9. The Hall–Kier alpha value is -2.35. The molecule has 2 aromatic rings. The first-order chi connectivity index (χ1) is 13.9. The van der Waals surface area contributed by atoms with E-state index in [-0.39, 0.29) is 6.10 Å². The van der Waals surface area contributed by atoms with Crippen LogP contribution in [0.2, 0.25) is 10.0 Å². The van der Waals surface area contributed by atoms with Gasteiger partial charge in [0, 0.05) is 30.1 Å². The third-order valence-corrected chi connectivity index (χ3v) is 5.54. The Labute approximate surface area is 179 Å². The number of nitrogens with one attached hydrogen (secondary N) is 2. The number of aromatic nitrogens is 1. The molecule has 154 valence electrons. The van der Waals surface area contributed by atoms with E-state index in [1.54, 1.807) is 6.07 Å².